The van der Waals surface area contributed by atoms with Crippen LogP contribution >= 0.6 is 0 Å². The normalized spacial score (nSPS) is 14.0. The van der Waals surface area contributed by atoms with E-state index in [1.807, 2.05) is 0 Å². The van der Waals surface area contributed by atoms with Crippen molar-refractivity contribution in [2.75, 3.05) is 0 Å². The SMILES string of the molecule is CC1=C(c2ccccc2)[CH]c2cccc(C)c21. The standard InChI is InChI=1S/C17H15/c1-12-7-6-10-15-11-16(13(2)17(12)15)14-8-4-3-5-9-14/h3-11H,1-2H3. The van der Waals surface area contributed by atoms with E-state index >= 15 is 0 Å². The fraction of sp³-hybridized carbons (Fsp3) is 0.118. The van der Waals surface area contributed by atoms with Crippen molar-refractivity contribution in [3.63, 3.8) is 0 Å². The number of aryl methyl sites for hydroxylation is 1. The van der Waals surface area contributed by atoms with Crippen molar-refractivity contribution in [2.24, 2.45) is 0 Å². The summed E-state index contributed by atoms with van der Waals surface area (Å²) in [6.45, 7) is 4.40. The molecule has 0 heteroatoms. The summed E-state index contributed by atoms with van der Waals surface area (Å²) in [5.41, 5.74) is 8.18. The summed E-state index contributed by atoms with van der Waals surface area (Å²) < 4.78 is 0. The predicted molar refractivity (Wildman–Crippen MR) is 73.5 cm³/mol. The van der Waals surface area contributed by atoms with E-state index in [0.717, 1.165) is 0 Å². The molecule has 0 saturated carbocycles. The van der Waals surface area contributed by atoms with Crippen LogP contribution in [0.4, 0.5) is 0 Å². The summed E-state index contributed by atoms with van der Waals surface area (Å²) in [4.78, 5) is 0. The smallest absolute Gasteiger partial charge is 0.0214 e. The molecule has 0 heterocycles. The number of hydrogen-bond acceptors (Lipinski definition) is 0. The lowest BCUT2D eigenvalue weighted by Gasteiger charge is -2.05. The molecule has 0 atom stereocenters. The van der Waals surface area contributed by atoms with E-state index in [9.17, 15) is 0 Å². The van der Waals surface area contributed by atoms with Gasteiger partial charge in [0.05, 0.1) is 0 Å². The molecule has 0 spiro atoms. The molecule has 1 radical (unpaired) electrons. The van der Waals surface area contributed by atoms with E-state index in [1.165, 1.54) is 33.4 Å². The molecule has 2 aromatic rings. The molecular weight excluding hydrogens is 204 g/mol. The molecule has 0 amide bonds. The van der Waals surface area contributed by atoms with Gasteiger partial charge in [-0.3, -0.25) is 0 Å². The fourth-order valence-corrected chi connectivity index (χ4v) is 2.64. The Morgan fingerprint density at radius 3 is 2.24 bits per heavy atom. The summed E-state index contributed by atoms with van der Waals surface area (Å²) in [6, 6.07) is 17.1. The Labute approximate surface area is 103 Å². The minimum Gasteiger partial charge on any atom is -0.0622 e. The van der Waals surface area contributed by atoms with Crippen LogP contribution in [-0.2, 0) is 0 Å². The van der Waals surface area contributed by atoms with Gasteiger partial charge in [0.1, 0.15) is 0 Å². The molecule has 0 saturated heterocycles. The van der Waals surface area contributed by atoms with Crippen LogP contribution in [0.15, 0.2) is 48.5 Å². The molecule has 0 fully saturated rings. The van der Waals surface area contributed by atoms with Crippen LogP contribution in [0.25, 0.3) is 11.1 Å². The highest BCUT2D eigenvalue weighted by atomic mass is 14.2. The van der Waals surface area contributed by atoms with Crippen molar-refractivity contribution in [1.82, 2.24) is 0 Å². The zero-order valence-corrected chi connectivity index (χ0v) is 10.2. The highest BCUT2D eigenvalue weighted by Gasteiger charge is 2.20. The van der Waals surface area contributed by atoms with Gasteiger partial charge in [-0.05, 0) is 47.2 Å². The number of rotatable bonds is 1. The molecule has 1 aliphatic carbocycles. The van der Waals surface area contributed by atoms with Gasteiger partial charge in [-0.2, -0.15) is 0 Å². The first-order valence-electron chi connectivity index (χ1n) is 5.98. The second-order valence-corrected chi connectivity index (χ2v) is 4.59. The third kappa shape index (κ3) is 1.61. The van der Waals surface area contributed by atoms with Crippen molar-refractivity contribution < 1.29 is 0 Å². The number of hydrogen-bond donors (Lipinski definition) is 0. The van der Waals surface area contributed by atoms with Crippen LogP contribution in [0, 0.1) is 13.3 Å². The maximum absolute atomic E-state index is 2.30. The van der Waals surface area contributed by atoms with Gasteiger partial charge in [-0.25, -0.2) is 0 Å². The largest absolute Gasteiger partial charge is 0.0622 e. The monoisotopic (exact) mass is 219 g/mol. The van der Waals surface area contributed by atoms with E-state index in [2.05, 4.69) is 68.8 Å². The van der Waals surface area contributed by atoms with Gasteiger partial charge in [0, 0.05) is 6.42 Å². The molecule has 2 aromatic carbocycles. The van der Waals surface area contributed by atoms with E-state index in [-0.39, 0.29) is 0 Å². The Bertz CT molecular complexity index is 589. The fourth-order valence-electron chi connectivity index (χ4n) is 2.64. The summed E-state index contributed by atoms with van der Waals surface area (Å²) in [5, 5.41) is 0. The van der Waals surface area contributed by atoms with E-state index in [0.29, 0.717) is 0 Å². The molecular formula is C17H15. The highest BCUT2D eigenvalue weighted by molar-refractivity contribution is 6.02. The second kappa shape index (κ2) is 3.89. The number of allylic oxidation sites excluding steroid dienone is 2. The van der Waals surface area contributed by atoms with Crippen molar-refractivity contribution in [3.8, 4) is 0 Å². The average molecular weight is 219 g/mol. The first-order valence-corrected chi connectivity index (χ1v) is 5.98. The topological polar surface area (TPSA) is 0 Å². The Morgan fingerprint density at radius 1 is 0.765 bits per heavy atom. The van der Waals surface area contributed by atoms with Crippen LogP contribution in [0.2, 0.25) is 0 Å². The summed E-state index contributed by atoms with van der Waals surface area (Å²) in [7, 11) is 0. The lowest BCUT2D eigenvalue weighted by atomic mass is 10.00. The Morgan fingerprint density at radius 2 is 1.53 bits per heavy atom. The van der Waals surface area contributed by atoms with Crippen LogP contribution < -0.4 is 0 Å². The Balaban J connectivity index is 2.15. The van der Waals surface area contributed by atoms with Crippen LogP contribution in [0.1, 0.15) is 29.2 Å². The number of benzene rings is 2. The van der Waals surface area contributed by atoms with Gasteiger partial charge in [-0.15, -0.1) is 0 Å². The van der Waals surface area contributed by atoms with Gasteiger partial charge in [0.15, 0.2) is 0 Å². The maximum atomic E-state index is 2.30. The molecule has 0 N–H and O–H groups in total. The molecule has 0 aliphatic heterocycles. The molecule has 83 valence electrons. The van der Waals surface area contributed by atoms with E-state index in [1.54, 1.807) is 0 Å². The first-order chi connectivity index (χ1) is 8.27. The second-order valence-electron chi connectivity index (χ2n) is 4.59. The quantitative estimate of drug-likeness (QED) is 0.662. The minimum atomic E-state index is 1.31. The van der Waals surface area contributed by atoms with E-state index < -0.39 is 0 Å². The lowest BCUT2D eigenvalue weighted by molar-refractivity contribution is 1.39. The Hall–Kier alpha value is -1.82. The molecule has 17 heavy (non-hydrogen) atoms. The van der Waals surface area contributed by atoms with Gasteiger partial charge < -0.3 is 0 Å². The van der Waals surface area contributed by atoms with Gasteiger partial charge in [0.25, 0.3) is 0 Å². The van der Waals surface area contributed by atoms with Crippen molar-refractivity contribution in [2.45, 2.75) is 13.8 Å². The lowest BCUT2D eigenvalue weighted by Crippen LogP contribution is -1.85. The molecule has 0 aromatic heterocycles. The number of fused-ring (bicyclic) bond motifs is 1. The maximum Gasteiger partial charge on any atom is 0.0214 e. The molecule has 3 rings (SSSR count). The molecule has 0 nitrogen and oxygen atoms in total. The predicted octanol–water partition coefficient (Wildman–Crippen LogP) is 4.49. The average Bonchev–Trinajstić information content (AvgIpc) is 2.69. The minimum absolute atomic E-state index is 1.31. The Kier molecular flexibility index (Phi) is 2.36. The summed E-state index contributed by atoms with van der Waals surface area (Å²) in [6.07, 6.45) is 2.30. The third-order valence-corrected chi connectivity index (χ3v) is 3.47. The van der Waals surface area contributed by atoms with E-state index in [4.69, 9.17) is 0 Å². The van der Waals surface area contributed by atoms with Crippen molar-refractivity contribution >= 4 is 11.1 Å². The van der Waals surface area contributed by atoms with Crippen molar-refractivity contribution in [1.29, 1.82) is 0 Å². The van der Waals surface area contributed by atoms with Crippen molar-refractivity contribution in [3.05, 3.63) is 77.2 Å². The zero-order valence-electron chi connectivity index (χ0n) is 10.2. The summed E-state index contributed by atoms with van der Waals surface area (Å²) in [5.74, 6) is 0. The van der Waals surface area contributed by atoms with Gasteiger partial charge >= 0.3 is 0 Å². The summed E-state index contributed by atoms with van der Waals surface area (Å²) >= 11 is 0. The van der Waals surface area contributed by atoms with Crippen LogP contribution in [0.5, 0.6) is 0 Å². The molecule has 0 unspecified atom stereocenters. The third-order valence-electron chi connectivity index (χ3n) is 3.47. The highest BCUT2D eigenvalue weighted by Crippen LogP contribution is 2.40. The van der Waals surface area contributed by atoms with Gasteiger partial charge in [0.2, 0.25) is 0 Å². The zero-order chi connectivity index (χ0) is 11.8. The molecule has 1 aliphatic rings. The van der Waals surface area contributed by atoms with Gasteiger partial charge in [-0.1, -0.05) is 48.5 Å². The van der Waals surface area contributed by atoms with Crippen LogP contribution in [-0.4, -0.2) is 0 Å². The first kappa shape index (κ1) is 10.3. The molecule has 0 bridgehead atoms. The van der Waals surface area contributed by atoms with Crippen LogP contribution in [0.3, 0.4) is 0 Å².